The van der Waals surface area contributed by atoms with Crippen LogP contribution in [0.2, 0.25) is 0 Å². The lowest BCUT2D eigenvalue weighted by Gasteiger charge is -2.23. The van der Waals surface area contributed by atoms with E-state index in [9.17, 15) is 22.8 Å². The van der Waals surface area contributed by atoms with E-state index in [1.807, 2.05) is 15.9 Å². The summed E-state index contributed by atoms with van der Waals surface area (Å²) in [6.45, 7) is 1.09. The number of carbonyl (C=O) groups excluding carboxylic acids is 2. The van der Waals surface area contributed by atoms with Crippen molar-refractivity contribution in [2.24, 2.45) is 0 Å². The van der Waals surface area contributed by atoms with Gasteiger partial charge in [0, 0.05) is 0 Å². The van der Waals surface area contributed by atoms with Gasteiger partial charge >= 0.3 is 12.1 Å². The molecule has 1 unspecified atom stereocenters. The van der Waals surface area contributed by atoms with Crippen molar-refractivity contribution < 1.29 is 27.5 Å². The monoisotopic (exact) mass is 340 g/mol. The third-order valence-electron chi connectivity index (χ3n) is 1.22. The van der Waals surface area contributed by atoms with Crippen LogP contribution in [0.5, 0.6) is 0 Å². The molecular formula is C6H5Br2F3O3. The fourth-order valence-electron chi connectivity index (χ4n) is 0.538. The molecule has 8 heteroatoms. The van der Waals surface area contributed by atoms with E-state index in [0.717, 1.165) is 0 Å². The van der Waals surface area contributed by atoms with Gasteiger partial charge in [-0.05, 0) is 22.9 Å². The lowest BCUT2D eigenvalue weighted by atomic mass is 10.1. The first-order chi connectivity index (χ1) is 6.17. The number of alkyl halides is 4. The summed E-state index contributed by atoms with van der Waals surface area (Å²) in [5, 5.41) is 0. The zero-order chi connectivity index (χ0) is 11.6. The summed E-state index contributed by atoms with van der Waals surface area (Å²) in [4.78, 5) is 21.6. The minimum atomic E-state index is -5.06. The number of hydrogen-bond donors (Lipinski definition) is 0. The topological polar surface area (TPSA) is 43.4 Å². The molecule has 0 spiro atoms. The van der Waals surface area contributed by atoms with E-state index in [4.69, 9.17) is 0 Å². The Labute approximate surface area is 94.2 Å². The minimum Gasteiger partial charge on any atom is -0.464 e. The molecule has 0 saturated carbocycles. The van der Waals surface area contributed by atoms with Crippen LogP contribution in [0.25, 0.3) is 0 Å². The molecule has 82 valence electrons. The van der Waals surface area contributed by atoms with Crippen LogP contribution in [0.3, 0.4) is 0 Å². The first kappa shape index (κ1) is 13.9. The Hall–Kier alpha value is -0.110. The minimum absolute atomic E-state index is 0.247. The van der Waals surface area contributed by atoms with Crippen molar-refractivity contribution in [3.8, 4) is 0 Å². The van der Waals surface area contributed by atoms with E-state index in [1.165, 1.54) is 6.92 Å². The number of esters is 1. The predicted octanol–water partition coefficient (Wildman–Crippen LogP) is 2.17. The summed E-state index contributed by atoms with van der Waals surface area (Å²) in [7, 11) is 0. The molecule has 0 aliphatic carbocycles. The van der Waals surface area contributed by atoms with Crippen LogP contribution in [0.1, 0.15) is 6.92 Å². The maximum absolute atomic E-state index is 12.3. The number of carbonyl (C=O) groups is 2. The first-order valence-corrected chi connectivity index (χ1v) is 4.89. The van der Waals surface area contributed by atoms with Crippen molar-refractivity contribution in [2.75, 3.05) is 6.61 Å². The van der Waals surface area contributed by atoms with Crippen LogP contribution in [0.4, 0.5) is 13.2 Å². The zero-order valence-corrected chi connectivity index (χ0v) is 9.99. The fourth-order valence-corrected chi connectivity index (χ4v) is 1.04. The molecule has 0 saturated heterocycles. The van der Waals surface area contributed by atoms with Crippen LogP contribution in [0, 0.1) is 0 Å². The molecule has 0 amide bonds. The van der Waals surface area contributed by atoms with Gasteiger partial charge in [0.25, 0.3) is 4.32 Å². The first-order valence-electron chi connectivity index (χ1n) is 3.30. The van der Waals surface area contributed by atoms with Crippen LogP contribution in [-0.4, -0.2) is 27.8 Å². The molecule has 0 N–H and O–H groups in total. The Morgan fingerprint density at radius 2 is 1.79 bits per heavy atom. The maximum atomic E-state index is 12.3. The molecule has 0 radical (unpaired) electrons. The number of rotatable bonds is 3. The second-order valence-corrected chi connectivity index (χ2v) is 4.06. The lowest BCUT2D eigenvalue weighted by Crippen LogP contribution is -2.52. The molecule has 0 aromatic rings. The molecule has 0 aromatic carbocycles. The second kappa shape index (κ2) is 4.61. The number of ether oxygens (including phenoxy) is 1. The van der Waals surface area contributed by atoms with E-state index in [2.05, 4.69) is 20.7 Å². The van der Waals surface area contributed by atoms with Gasteiger partial charge in [0.15, 0.2) is 0 Å². The van der Waals surface area contributed by atoms with Crippen molar-refractivity contribution in [2.45, 2.75) is 17.4 Å². The summed E-state index contributed by atoms with van der Waals surface area (Å²) in [6.07, 6.45) is -5.06. The van der Waals surface area contributed by atoms with E-state index in [1.54, 1.807) is 0 Å². The molecule has 0 aliphatic heterocycles. The van der Waals surface area contributed by atoms with Crippen molar-refractivity contribution >= 4 is 42.5 Å². The van der Waals surface area contributed by atoms with Gasteiger partial charge in [0.2, 0.25) is 4.69 Å². The lowest BCUT2D eigenvalue weighted by molar-refractivity contribution is -0.184. The van der Waals surface area contributed by atoms with Gasteiger partial charge in [-0.15, -0.1) is 0 Å². The van der Waals surface area contributed by atoms with Crippen LogP contribution >= 0.6 is 31.9 Å². The van der Waals surface area contributed by atoms with Crippen molar-refractivity contribution in [3.05, 3.63) is 0 Å². The Bertz CT molecular complexity index is 253. The molecule has 14 heavy (non-hydrogen) atoms. The molecule has 0 rings (SSSR count). The SMILES string of the molecule is CCOC(=O)C(Br)(C(=O)Br)C(F)(F)F. The molecular weight excluding hydrogens is 337 g/mol. The van der Waals surface area contributed by atoms with Gasteiger partial charge in [-0.25, -0.2) is 4.79 Å². The Morgan fingerprint density at radius 1 is 1.36 bits per heavy atom. The van der Waals surface area contributed by atoms with Gasteiger partial charge in [-0.3, -0.25) is 4.79 Å². The summed E-state index contributed by atoms with van der Waals surface area (Å²) in [5.41, 5.74) is 0. The van der Waals surface area contributed by atoms with Crippen LogP contribution in [-0.2, 0) is 14.3 Å². The van der Waals surface area contributed by atoms with Gasteiger partial charge < -0.3 is 4.74 Å². The van der Waals surface area contributed by atoms with Crippen LogP contribution in [0.15, 0.2) is 0 Å². The highest BCUT2D eigenvalue weighted by atomic mass is 79.9. The molecule has 1 atom stereocenters. The van der Waals surface area contributed by atoms with Crippen molar-refractivity contribution in [1.29, 1.82) is 0 Å². The van der Waals surface area contributed by atoms with E-state index >= 15 is 0 Å². The van der Waals surface area contributed by atoms with Gasteiger partial charge in [0.1, 0.15) is 0 Å². The van der Waals surface area contributed by atoms with Gasteiger partial charge in [-0.1, -0.05) is 15.9 Å². The third kappa shape index (κ3) is 2.47. The second-order valence-electron chi connectivity index (χ2n) is 2.15. The Balaban J connectivity index is 5.12. The average Bonchev–Trinajstić information content (AvgIpc) is 2.00. The standard InChI is InChI=1S/C6H5Br2F3O3/c1-2-14-4(13)5(8,3(7)12)6(9,10)11/h2H2,1H3. The summed E-state index contributed by atoms with van der Waals surface area (Å²) < 4.78 is 36.3. The highest BCUT2D eigenvalue weighted by molar-refractivity contribution is 9.20. The largest absolute Gasteiger partial charge is 0.464 e. The smallest absolute Gasteiger partial charge is 0.422 e. The molecule has 0 bridgehead atoms. The maximum Gasteiger partial charge on any atom is 0.422 e. The molecule has 3 nitrogen and oxygen atoms in total. The quantitative estimate of drug-likeness (QED) is 0.342. The van der Waals surface area contributed by atoms with Crippen LogP contribution < -0.4 is 0 Å². The summed E-state index contributed by atoms with van der Waals surface area (Å²) >= 11 is 4.14. The molecule has 0 fully saturated rings. The third-order valence-corrected chi connectivity index (χ3v) is 3.48. The fraction of sp³-hybridized carbons (Fsp3) is 0.667. The van der Waals surface area contributed by atoms with Crippen molar-refractivity contribution in [1.82, 2.24) is 0 Å². The molecule has 0 heterocycles. The average molecular weight is 342 g/mol. The van der Waals surface area contributed by atoms with E-state index in [-0.39, 0.29) is 6.61 Å². The highest BCUT2D eigenvalue weighted by Crippen LogP contribution is 2.41. The number of hydrogen-bond acceptors (Lipinski definition) is 3. The van der Waals surface area contributed by atoms with Crippen molar-refractivity contribution in [3.63, 3.8) is 0 Å². The normalized spacial score (nSPS) is 15.9. The molecule has 0 aliphatic rings. The van der Waals surface area contributed by atoms with E-state index < -0.39 is 21.2 Å². The molecule has 0 aromatic heterocycles. The number of halogens is 5. The Kier molecular flexibility index (Phi) is 4.57. The van der Waals surface area contributed by atoms with Gasteiger partial charge in [0.05, 0.1) is 6.61 Å². The zero-order valence-electron chi connectivity index (χ0n) is 6.82. The Morgan fingerprint density at radius 3 is 2.00 bits per heavy atom. The predicted molar refractivity (Wildman–Crippen MR) is 48.3 cm³/mol. The van der Waals surface area contributed by atoms with E-state index in [0.29, 0.717) is 0 Å². The van der Waals surface area contributed by atoms with Gasteiger partial charge in [-0.2, -0.15) is 13.2 Å². The highest BCUT2D eigenvalue weighted by Gasteiger charge is 2.64. The summed E-state index contributed by atoms with van der Waals surface area (Å²) in [5.74, 6) is -1.69. The summed E-state index contributed by atoms with van der Waals surface area (Å²) in [6, 6.07) is 0.